The summed E-state index contributed by atoms with van der Waals surface area (Å²) in [5.74, 6) is -7.73. The number of hydrogen-bond donors (Lipinski definition) is 4. The number of nitrogens with one attached hydrogen (secondary N) is 2. The highest BCUT2D eigenvalue weighted by molar-refractivity contribution is 5.86. The summed E-state index contributed by atoms with van der Waals surface area (Å²) in [5, 5.41) is 19.7. The van der Waals surface area contributed by atoms with E-state index in [9.17, 15) is 31.9 Å². The lowest BCUT2D eigenvalue weighted by molar-refractivity contribution is -0.145. The van der Waals surface area contributed by atoms with Crippen molar-refractivity contribution in [2.24, 2.45) is 0 Å². The minimum atomic E-state index is -4.47. The molecule has 0 aromatic carbocycles. The number of aliphatic carboxylic acids is 2. The van der Waals surface area contributed by atoms with Crippen LogP contribution in [0.2, 0.25) is 0 Å². The molecule has 110 valence electrons. The second-order valence-electron chi connectivity index (χ2n) is 3.38. The normalized spacial score (nSPS) is 12.9. The summed E-state index contributed by atoms with van der Waals surface area (Å²) < 4.78 is 48.3. The average Bonchev–Trinajstić information content (AvgIpc) is 2.24. The molecule has 0 aliphatic heterocycles. The fourth-order valence-electron chi connectivity index (χ4n) is 0.859. The van der Waals surface area contributed by atoms with E-state index in [4.69, 9.17) is 10.2 Å². The van der Waals surface area contributed by atoms with Crippen molar-refractivity contribution in [3.63, 3.8) is 0 Å². The average molecular weight is 290 g/mol. The van der Waals surface area contributed by atoms with E-state index in [0.29, 0.717) is 0 Å². The number of carboxylic acids is 2. The maximum absolute atomic E-state index is 12.4. The standard InChI is InChI=1S/C8H10F4N2O5/c9-6(10)8(11,12)2-13-7(19)14-3(5(17)18)1-4(15)16/h3,6H,1-2H2,(H,15,16)(H,17,18)(H2,13,14,19)/t3-/m0/s1. The molecule has 0 radical (unpaired) electrons. The van der Waals surface area contributed by atoms with Gasteiger partial charge in [0.15, 0.2) is 0 Å². The molecule has 0 aliphatic rings. The predicted octanol–water partition coefficient (Wildman–Crippen LogP) is 0.114. The van der Waals surface area contributed by atoms with Crippen LogP contribution in [0.3, 0.4) is 0 Å². The van der Waals surface area contributed by atoms with Crippen LogP contribution in [-0.2, 0) is 9.59 Å². The lowest BCUT2D eigenvalue weighted by atomic mass is 10.2. The molecule has 0 saturated carbocycles. The number of carbonyl (C=O) groups excluding carboxylic acids is 1. The fraction of sp³-hybridized carbons (Fsp3) is 0.625. The van der Waals surface area contributed by atoms with Gasteiger partial charge in [-0.15, -0.1) is 0 Å². The van der Waals surface area contributed by atoms with E-state index in [1.54, 1.807) is 5.32 Å². The third-order valence-electron chi connectivity index (χ3n) is 1.79. The quantitative estimate of drug-likeness (QED) is 0.497. The van der Waals surface area contributed by atoms with Crippen molar-refractivity contribution >= 4 is 18.0 Å². The van der Waals surface area contributed by atoms with Crippen LogP contribution in [0, 0.1) is 0 Å². The number of halogens is 4. The number of hydrogen-bond acceptors (Lipinski definition) is 3. The molecular weight excluding hydrogens is 280 g/mol. The molecule has 2 amide bonds. The minimum Gasteiger partial charge on any atom is -0.481 e. The molecule has 0 saturated heterocycles. The zero-order valence-corrected chi connectivity index (χ0v) is 9.20. The van der Waals surface area contributed by atoms with Crippen LogP contribution >= 0.6 is 0 Å². The largest absolute Gasteiger partial charge is 0.481 e. The van der Waals surface area contributed by atoms with E-state index in [1.165, 1.54) is 5.32 Å². The second-order valence-corrected chi connectivity index (χ2v) is 3.38. The summed E-state index contributed by atoms with van der Waals surface area (Å²) in [6, 6.07) is -3.35. The highest BCUT2D eigenvalue weighted by Gasteiger charge is 2.41. The SMILES string of the molecule is O=C(O)C[C@H](NC(=O)NCC(F)(F)C(F)F)C(=O)O. The van der Waals surface area contributed by atoms with Gasteiger partial charge in [-0.25, -0.2) is 18.4 Å². The van der Waals surface area contributed by atoms with Gasteiger partial charge in [-0.05, 0) is 0 Å². The summed E-state index contributed by atoms with van der Waals surface area (Å²) >= 11 is 0. The zero-order chi connectivity index (χ0) is 15.2. The van der Waals surface area contributed by atoms with E-state index < -0.39 is 49.3 Å². The van der Waals surface area contributed by atoms with E-state index in [0.717, 1.165) is 0 Å². The Bertz CT molecular complexity index is 363. The van der Waals surface area contributed by atoms with Gasteiger partial charge < -0.3 is 20.8 Å². The third-order valence-corrected chi connectivity index (χ3v) is 1.79. The molecule has 0 unspecified atom stereocenters. The van der Waals surface area contributed by atoms with Crippen molar-refractivity contribution in [1.29, 1.82) is 0 Å². The summed E-state index contributed by atoms with van der Waals surface area (Å²) in [5.41, 5.74) is 0. The van der Waals surface area contributed by atoms with Crippen molar-refractivity contribution in [1.82, 2.24) is 10.6 Å². The van der Waals surface area contributed by atoms with Crippen LogP contribution in [0.25, 0.3) is 0 Å². The van der Waals surface area contributed by atoms with Gasteiger partial charge in [-0.3, -0.25) is 4.79 Å². The number of amides is 2. The highest BCUT2D eigenvalue weighted by Crippen LogP contribution is 2.21. The van der Waals surface area contributed by atoms with E-state index in [2.05, 4.69) is 0 Å². The fourth-order valence-corrected chi connectivity index (χ4v) is 0.859. The number of rotatable bonds is 7. The molecular formula is C8H10F4N2O5. The number of alkyl halides is 4. The van der Waals surface area contributed by atoms with Crippen LogP contribution in [0.5, 0.6) is 0 Å². The Morgan fingerprint density at radius 2 is 1.68 bits per heavy atom. The summed E-state index contributed by atoms with van der Waals surface area (Å²) in [4.78, 5) is 31.7. The molecule has 0 aromatic heterocycles. The molecule has 1 atom stereocenters. The maximum atomic E-state index is 12.4. The Morgan fingerprint density at radius 3 is 2.05 bits per heavy atom. The summed E-state index contributed by atoms with van der Waals surface area (Å²) in [7, 11) is 0. The molecule has 0 spiro atoms. The number of carbonyl (C=O) groups is 3. The van der Waals surface area contributed by atoms with Crippen LogP contribution in [0.15, 0.2) is 0 Å². The topological polar surface area (TPSA) is 116 Å². The summed E-state index contributed by atoms with van der Waals surface area (Å²) in [6.07, 6.45) is -4.99. The molecule has 0 aliphatic carbocycles. The van der Waals surface area contributed by atoms with Crippen molar-refractivity contribution in [3.05, 3.63) is 0 Å². The van der Waals surface area contributed by atoms with E-state index in [-0.39, 0.29) is 0 Å². The molecule has 11 heteroatoms. The Labute approximate surface area is 103 Å². The van der Waals surface area contributed by atoms with Crippen molar-refractivity contribution in [3.8, 4) is 0 Å². The molecule has 0 rings (SSSR count). The Hall–Kier alpha value is -2.07. The van der Waals surface area contributed by atoms with Crippen molar-refractivity contribution < 1.29 is 42.2 Å². The molecule has 0 heterocycles. The Kier molecular flexibility index (Phi) is 6.02. The Morgan fingerprint density at radius 1 is 1.16 bits per heavy atom. The third kappa shape index (κ3) is 6.43. The predicted molar refractivity (Wildman–Crippen MR) is 51.2 cm³/mol. The lowest BCUT2D eigenvalue weighted by Gasteiger charge is -2.17. The van der Waals surface area contributed by atoms with Gasteiger partial charge in [0.2, 0.25) is 0 Å². The second kappa shape index (κ2) is 6.75. The molecule has 0 aromatic rings. The number of carboxylic acid groups (broad SMARTS) is 2. The zero-order valence-electron chi connectivity index (χ0n) is 9.20. The minimum absolute atomic E-state index is 0.992. The van der Waals surface area contributed by atoms with E-state index in [1.807, 2.05) is 0 Å². The molecule has 4 N–H and O–H groups in total. The van der Waals surface area contributed by atoms with Crippen molar-refractivity contribution in [2.45, 2.75) is 24.8 Å². The first kappa shape index (κ1) is 16.9. The van der Waals surface area contributed by atoms with Gasteiger partial charge >= 0.3 is 30.3 Å². The first-order chi connectivity index (χ1) is 8.56. The lowest BCUT2D eigenvalue weighted by Crippen LogP contribution is -2.50. The van der Waals surface area contributed by atoms with Gasteiger partial charge in [-0.2, -0.15) is 8.78 Å². The van der Waals surface area contributed by atoms with Crippen LogP contribution < -0.4 is 10.6 Å². The molecule has 0 bridgehead atoms. The van der Waals surface area contributed by atoms with Gasteiger partial charge in [0.05, 0.1) is 13.0 Å². The van der Waals surface area contributed by atoms with Gasteiger partial charge in [0.25, 0.3) is 0 Å². The van der Waals surface area contributed by atoms with Crippen LogP contribution in [0.4, 0.5) is 22.4 Å². The molecule has 7 nitrogen and oxygen atoms in total. The Balaban J connectivity index is 4.36. The van der Waals surface area contributed by atoms with Crippen molar-refractivity contribution in [2.75, 3.05) is 6.54 Å². The number of urea groups is 1. The maximum Gasteiger partial charge on any atom is 0.326 e. The molecule has 19 heavy (non-hydrogen) atoms. The molecule has 0 fully saturated rings. The van der Waals surface area contributed by atoms with E-state index >= 15 is 0 Å². The highest BCUT2D eigenvalue weighted by atomic mass is 19.3. The first-order valence-corrected chi connectivity index (χ1v) is 4.71. The van der Waals surface area contributed by atoms with Crippen LogP contribution in [-0.4, -0.2) is 53.1 Å². The van der Waals surface area contributed by atoms with Gasteiger partial charge in [-0.1, -0.05) is 0 Å². The summed E-state index contributed by atoms with van der Waals surface area (Å²) in [6.45, 7) is -1.71. The van der Waals surface area contributed by atoms with Crippen LogP contribution in [0.1, 0.15) is 6.42 Å². The first-order valence-electron chi connectivity index (χ1n) is 4.71. The monoisotopic (exact) mass is 290 g/mol. The van der Waals surface area contributed by atoms with Gasteiger partial charge in [0, 0.05) is 0 Å². The smallest absolute Gasteiger partial charge is 0.326 e. The van der Waals surface area contributed by atoms with Gasteiger partial charge in [0.1, 0.15) is 6.04 Å².